The van der Waals surface area contributed by atoms with Crippen LogP contribution in [-0.2, 0) is 0 Å². The predicted octanol–water partition coefficient (Wildman–Crippen LogP) is 3.00. The summed E-state index contributed by atoms with van der Waals surface area (Å²) in [4.78, 5) is 12.4. The standard InChI is InChI=1S/C24H21N7O3/c1-33-18-9-5-8-17(14-18)23-29-28-21-10-11-22(30-31(21)23)34-13-12-25-24(32)20-15-19(26-27-20)16-6-3-2-4-7-16/h2-11,14-15H,12-13H2,1H3,(H,25,32)(H,26,27). The van der Waals surface area contributed by atoms with Gasteiger partial charge < -0.3 is 14.8 Å². The molecule has 0 fully saturated rings. The lowest BCUT2D eigenvalue weighted by molar-refractivity contribution is 0.0941. The smallest absolute Gasteiger partial charge is 0.269 e. The Morgan fingerprint density at radius 3 is 2.71 bits per heavy atom. The Labute approximate surface area is 194 Å². The van der Waals surface area contributed by atoms with Crippen molar-refractivity contribution in [3.63, 3.8) is 0 Å². The van der Waals surface area contributed by atoms with E-state index < -0.39 is 0 Å². The number of hydrogen-bond donors (Lipinski definition) is 2. The van der Waals surface area contributed by atoms with Crippen LogP contribution in [0.3, 0.4) is 0 Å². The third-order valence-electron chi connectivity index (χ3n) is 5.10. The third-order valence-corrected chi connectivity index (χ3v) is 5.10. The second-order valence-corrected chi connectivity index (χ2v) is 7.33. The van der Waals surface area contributed by atoms with Gasteiger partial charge in [-0.25, -0.2) is 0 Å². The van der Waals surface area contributed by atoms with Gasteiger partial charge in [0.2, 0.25) is 5.88 Å². The number of carbonyl (C=O) groups excluding carboxylic acids is 1. The topological polar surface area (TPSA) is 119 Å². The molecule has 0 aliphatic carbocycles. The molecule has 0 bridgehead atoms. The molecule has 34 heavy (non-hydrogen) atoms. The summed E-state index contributed by atoms with van der Waals surface area (Å²) in [5, 5.41) is 22.6. The SMILES string of the molecule is COc1cccc(-c2nnc3ccc(OCCNC(=O)c4cc(-c5ccccc5)n[nH]4)nn23)c1. The molecule has 0 atom stereocenters. The van der Waals surface area contributed by atoms with Gasteiger partial charge in [-0.05, 0) is 24.3 Å². The molecule has 0 saturated carbocycles. The zero-order chi connectivity index (χ0) is 23.3. The Morgan fingerprint density at radius 2 is 1.85 bits per heavy atom. The van der Waals surface area contributed by atoms with Crippen LogP contribution in [0.15, 0.2) is 72.8 Å². The number of methoxy groups -OCH3 is 1. The average Bonchev–Trinajstić information content (AvgIpc) is 3.55. The van der Waals surface area contributed by atoms with Crippen molar-refractivity contribution in [2.24, 2.45) is 0 Å². The molecule has 0 saturated heterocycles. The Morgan fingerprint density at radius 1 is 1.00 bits per heavy atom. The number of fused-ring (bicyclic) bond motifs is 1. The molecule has 2 N–H and O–H groups in total. The van der Waals surface area contributed by atoms with Gasteiger partial charge in [-0.3, -0.25) is 9.89 Å². The highest BCUT2D eigenvalue weighted by atomic mass is 16.5. The van der Waals surface area contributed by atoms with E-state index in [1.165, 1.54) is 0 Å². The van der Waals surface area contributed by atoms with Crippen molar-refractivity contribution >= 4 is 11.6 Å². The molecule has 0 unspecified atom stereocenters. The van der Waals surface area contributed by atoms with Gasteiger partial charge in [-0.1, -0.05) is 42.5 Å². The van der Waals surface area contributed by atoms with Gasteiger partial charge in [0.05, 0.1) is 19.3 Å². The number of rotatable bonds is 8. The zero-order valence-corrected chi connectivity index (χ0v) is 18.3. The van der Waals surface area contributed by atoms with Crippen LogP contribution in [0.2, 0.25) is 0 Å². The monoisotopic (exact) mass is 455 g/mol. The first-order chi connectivity index (χ1) is 16.7. The lowest BCUT2D eigenvalue weighted by atomic mass is 10.1. The number of aromatic nitrogens is 6. The van der Waals surface area contributed by atoms with E-state index in [9.17, 15) is 4.79 Å². The molecular weight excluding hydrogens is 434 g/mol. The van der Waals surface area contributed by atoms with Crippen LogP contribution in [-0.4, -0.2) is 56.2 Å². The summed E-state index contributed by atoms with van der Waals surface area (Å²) in [5.74, 6) is 1.41. The highest BCUT2D eigenvalue weighted by molar-refractivity contribution is 5.93. The minimum Gasteiger partial charge on any atom is -0.497 e. The molecule has 1 amide bonds. The van der Waals surface area contributed by atoms with Crippen molar-refractivity contribution in [3.8, 4) is 34.3 Å². The van der Waals surface area contributed by atoms with E-state index in [-0.39, 0.29) is 12.5 Å². The fourth-order valence-electron chi connectivity index (χ4n) is 3.40. The van der Waals surface area contributed by atoms with Crippen molar-refractivity contribution in [3.05, 3.63) is 78.5 Å². The quantitative estimate of drug-likeness (QED) is 0.345. The van der Waals surface area contributed by atoms with Gasteiger partial charge in [0.25, 0.3) is 5.91 Å². The first-order valence-electron chi connectivity index (χ1n) is 10.6. The normalized spacial score (nSPS) is 10.9. The van der Waals surface area contributed by atoms with E-state index in [0.29, 0.717) is 41.0 Å². The number of aromatic amines is 1. The fraction of sp³-hybridized carbons (Fsp3) is 0.125. The minimum absolute atomic E-state index is 0.237. The van der Waals surface area contributed by atoms with Crippen LogP contribution < -0.4 is 14.8 Å². The Bertz CT molecular complexity index is 1430. The van der Waals surface area contributed by atoms with Gasteiger partial charge in [0.1, 0.15) is 18.1 Å². The Hall–Kier alpha value is -4.73. The molecule has 5 aromatic rings. The number of benzene rings is 2. The molecule has 0 radical (unpaired) electrons. The summed E-state index contributed by atoms with van der Waals surface area (Å²) in [6.07, 6.45) is 0. The van der Waals surface area contributed by atoms with E-state index in [2.05, 4.69) is 30.8 Å². The lowest BCUT2D eigenvalue weighted by Crippen LogP contribution is -2.28. The van der Waals surface area contributed by atoms with Crippen LogP contribution in [0, 0.1) is 0 Å². The predicted molar refractivity (Wildman–Crippen MR) is 125 cm³/mol. The van der Waals surface area contributed by atoms with E-state index in [1.54, 1.807) is 29.8 Å². The second kappa shape index (κ2) is 9.41. The number of hydrogen-bond acceptors (Lipinski definition) is 7. The van der Waals surface area contributed by atoms with Gasteiger partial charge in [0, 0.05) is 17.2 Å². The maximum atomic E-state index is 12.4. The summed E-state index contributed by atoms with van der Waals surface area (Å²) < 4.78 is 12.6. The first kappa shape index (κ1) is 21.1. The number of carbonyl (C=O) groups is 1. The maximum absolute atomic E-state index is 12.4. The van der Waals surface area contributed by atoms with Crippen LogP contribution in [0.5, 0.6) is 11.6 Å². The number of nitrogens with zero attached hydrogens (tertiary/aromatic N) is 5. The largest absolute Gasteiger partial charge is 0.497 e. The summed E-state index contributed by atoms with van der Waals surface area (Å²) in [6, 6.07) is 22.3. The minimum atomic E-state index is -0.263. The Kier molecular flexibility index (Phi) is 5.85. The van der Waals surface area contributed by atoms with Crippen molar-refractivity contribution < 1.29 is 14.3 Å². The molecule has 0 aliphatic rings. The summed E-state index contributed by atoms with van der Waals surface area (Å²) in [7, 11) is 1.61. The second-order valence-electron chi connectivity index (χ2n) is 7.33. The molecule has 5 rings (SSSR count). The fourth-order valence-corrected chi connectivity index (χ4v) is 3.40. The zero-order valence-electron chi connectivity index (χ0n) is 18.3. The Balaban J connectivity index is 1.20. The molecule has 10 nitrogen and oxygen atoms in total. The highest BCUT2D eigenvalue weighted by Gasteiger charge is 2.13. The molecule has 0 spiro atoms. The van der Waals surface area contributed by atoms with E-state index in [0.717, 1.165) is 11.1 Å². The van der Waals surface area contributed by atoms with Gasteiger partial charge >= 0.3 is 0 Å². The molecule has 10 heteroatoms. The van der Waals surface area contributed by atoms with Gasteiger partial charge in [-0.2, -0.15) is 9.61 Å². The molecule has 2 aromatic carbocycles. The number of H-pyrrole nitrogens is 1. The average molecular weight is 455 g/mol. The van der Waals surface area contributed by atoms with Crippen molar-refractivity contribution in [2.75, 3.05) is 20.3 Å². The van der Waals surface area contributed by atoms with Crippen LogP contribution in [0.1, 0.15) is 10.5 Å². The van der Waals surface area contributed by atoms with Crippen molar-refractivity contribution in [1.82, 2.24) is 35.3 Å². The van der Waals surface area contributed by atoms with Gasteiger partial charge in [0.15, 0.2) is 11.5 Å². The van der Waals surface area contributed by atoms with Crippen LogP contribution in [0.25, 0.3) is 28.3 Å². The highest BCUT2D eigenvalue weighted by Crippen LogP contribution is 2.23. The molecular formula is C24H21N7O3. The van der Waals surface area contributed by atoms with Gasteiger partial charge in [-0.15, -0.1) is 15.3 Å². The van der Waals surface area contributed by atoms with E-state index in [4.69, 9.17) is 9.47 Å². The number of amides is 1. The number of nitrogens with one attached hydrogen (secondary N) is 2. The molecule has 3 aromatic heterocycles. The van der Waals surface area contributed by atoms with Crippen molar-refractivity contribution in [2.45, 2.75) is 0 Å². The van der Waals surface area contributed by atoms with E-state index >= 15 is 0 Å². The third kappa shape index (κ3) is 4.42. The molecule has 0 aliphatic heterocycles. The first-order valence-corrected chi connectivity index (χ1v) is 10.6. The summed E-state index contributed by atoms with van der Waals surface area (Å²) in [5.41, 5.74) is 3.43. The van der Waals surface area contributed by atoms with Crippen LogP contribution in [0.4, 0.5) is 0 Å². The molecule has 3 heterocycles. The van der Waals surface area contributed by atoms with E-state index in [1.807, 2.05) is 54.6 Å². The van der Waals surface area contributed by atoms with Crippen molar-refractivity contribution in [1.29, 1.82) is 0 Å². The molecule has 170 valence electrons. The van der Waals surface area contributed by atoms with Crippen LogP contribution >= 0.6 is 0 Å². The summed E-state index contributed by atoms with van der Waals surface area (Å²) >= 11 is 0. The number of ether oxygens (including phenoxy) is 2. The lowest BCUT2D eigenvalue weighted by Gasteiger charge is -2.07. The summed E-state index contributed by atoms with van der Waals surface area (Å²) in [6.45, 7) is 0.531. The maximum Gasteiger partial charge on any atom is 0.269 e.